The van der Waals surface area contributed by atoms with E-state index in [1.165, 1.54) is 22.5 Å². The van der Waals surface area contributed by atoms with Crippen molar-refractivity contribution in [1.29, 1.82) is 0 Å². The molecule has 2 nitrogen and oxygen atoms in total. The molecule has 0 bridgehead atoms. The van der Waals surface area contributed by atoms with Crippen molar-refractivity contribution in [2.75, 3.05) is 5.32 Å². The van der Waals surface area contributed by atoms with E-state index in [2.05, 4.69) is 113 Å². The van der Waals surface area contributed by atoms with Crippen LogP contribution in [0, 0.1) is 0 Å². The summed E-state index contributed by atoms with van der Waals surface area (Å²) in [5, 5.41) is 7.31. The number of anilines is 4. The van der Waals surface area contributed by atoms with Crippen LogP contribution >= 0.6 is 0 Å². The van der Waals surface area contributed by atoms with E-state index < -0.39 is 0 Å². The maximum atomic E-state index is 3.65. The fourth-order valence-electron chi connectivity index (χ4n) is 3.40. The van der Waals surface area contributed by atoms with Crippen molar-refractivity contribution in [3.63, 3.8) is 0 Å². The summed E-state index contributed by atoms with van der Waals surface area (Å²) in [6.07, 6.45) is 0. The maximum Gasteiger partial charge on any atom is 0.188 e. The number of benzene rings is 3. The minimum atomic E-state index is 0.0145. The molecule has 3 rings (SSSR count). The fourth-order valence-corrected chi connectivity index (χ4v) is 3.40. The number of hydrogen-bond donors (Lipinski definition) is 2. The van der Waals surface area contributed by atoms with E-state index >= 15 is 0 Å². The minimum Gasteiger partial charge on any atom is -0.355 e. The standard InChI is InChI=1S/C26H32N2/c1-25(2,3)21-17-24(28-20-15-11-8-12-16-20)22(26(4,5)6)18-23(21)27-19-13-9-7-10-14-19/h7-18,27-28H,1-6H3/q+1. The average molecular weight is 373 g/mol. The molecule has 0 aliphatic carbocycles. The van der Waals surface area contributed by atoms with Crippen molar-refractivity contribution < 1.29 is 5.32 Å². The highest BCUT2D eigenvalue weighted by Crippen LogP contribution is 2.38. The average Bonchev–Trinajstić information content (AvgIpc) is 2.62. The van der Waals surface area contributed by atoms with Gasteiger partial charge >= 0.3 is 0 Å². The van der Waals surface area contributed by atoms with E-state index in [0.29, 0.717) is 0 Å². The van der Waals surface area contributed by atoms with Gasteiger partial charge < -0.3 is 5.32 Å². The quantitative estimate of drug-likeness (QED) is 0.549. The van der Waals surface area contributed by atoms with Gasteiger partial charge in [-0.1, -0.05) is 77.9 Å². The van der Waals surface area contributed by atoms with E-state index in [1.54, 1.807) is 0 Å². The lowest BCUT2D eigenvalue weighted by Gasteiger charge is -2.28. The summed E-state index contributed by atoms with van der Waals surface area (Å²) in [5.41, 5.74) is 7.17. The van der Waals surface area contributed by atoms with Crippen molar-refractivity contribution in [3.8, 4) is 0 Å². The molecule has 0 aliphatic heterocycles. The zero-order valence-corrected chi connectivity index (χ0v) is 17.9. The van der Waals surface area contributed by atoms with Crippen LogP contribution in [0.25, 0.3) is 0 Å². The largest absolute Gasteiger partial charge is 0.355 e. The Kier molecular flexibility index (Phi) is 5.62. The van der Waals surface area contributed by atoms with Crippen molar-refractivity contribution in [1.82, 2.24) is 0 Å². The van der Waals surface area contributed by atoms with Gasteiger partial charge in [-0.3, -0.25) is 0 Å². The molecule has 3 aromatic rings. The van der Waals surface area contributed by atoms with Gasteiger partial charge in [-0.2, -0.15) is 0 Å². The SMILES string of the molecule is CC(C)(C)c1cc([NH+]c2ccccc2)c(C(C)(C)C)cc1Nc1ccccc1. The first-order valence-electron chi connectivity index (χ1n) is 9.98. The Balaban J connectivity index is 2.14. The normalized spacial score (nSPS) is 12.1. The molecule has 0 spiro atoms. The lowest BCUT2D eigenvalue weighted by Crippen LogP contribution is -2.71. The molecular weight excluding hydrogens is 340 g/mol. The summed E-state index contributed by atoms with van der Waals surface area (Å²) in [4.78, 5) is 0. The predicted molar refractivity (Wildman–Crippen MR) is 120 cm³/mol. The van der Waals surface area contributed by atoms with Crippen molar-refractivity contribution in [2.24, 2.45) is 0 Å². The zero-order valence-electron chi connectivity index (χ0n) is 17.9. The predicted octanol–water partition coefficient (Wildman–Crippen LogP) is 6.34. The molecule has 2 heteroatoms. The van der Waals surface area contributed by atoms with Crippen molar-refractivity contribution in [2.45, 2.75) is 52.4 Å². The molecule has 2 N–H and O–H groups in total. The number of rotatable bonds is 4. The van der Waals surface area contributed by atoms with E-state index in [4.69, 9.17) is 0 Å². The molecule has 3 aromatic carbocycles. The molecule has 0 amide bonds. The van der Waals surface area contributed by atoms with Crippen LogP contribution < -0.4 is 10.6 Å². The van der Waals surface area contributed by atoms with Crippen molar-refractivity contribution in [3.05, 3.63) is 83.9 Å². The third-order valence-corrected chi connectivity index (χ3v) is 4.88. The van der Waals surface area contributed by atoms with Gasteiger partial charge in [0.1, 0.15) is 0 Å². The lowest BCUT2D eigenvalue weighted by atomic mass is 9.79. The van der Waals surface area contributed by atoms with E-state index in [0.717, 1.165) is 11.4 Å². The molecule has 145 valence electrons. The van der Waals surface area contributed by atoms with Gasteiger partial charge in [0.2, 0.25) is 0 Å². The Hall–Kier alpha value is -2.58. The highest BCUT2D eigenvalue weighted by Gasteiger charge is 2.28. The van der Waals surface area contributed by atoms with Crippen LogP contribution in [0.2, 0.25) is 0 Å². The summed E-state index contributed by atoms with van der Waals surface area (Å²) in [6.45, 7) is 13.6. The van der Waals surface area contributed by atoms with Gasteiger partial charge in [0.05, 0.1) is 0 Å². The molecule has 0 fully saturated rings. The lowest BCUT2D eigenvalue weighted by molar-refractivity contribution is -0.479. The van der Waals surface area contributed by atoms with Gasteiger partial charge in [0.25, 0.3) is 0 Å². The fraction of sp³-hybridized carbons (Fsp3) is 0.308. The molecule has 0 aromatic heterocycles. The molecule has 28 heavy (non-hydrogen) atoms. The van der Waals surface area contributed by atoms with Crippen LogP contribution in [0.1, 0.15) is 52.7 Å². The van der Waals surface area contributed by atoms with Crippen LogP contribution in [0.4, 0.5) is 22.7 Å². The second-order valence-corrected chi connectivity index (χ2v) is 9.43. The Morgan fingerprint density at radius 2 is 1.18 bits per heavy atom. The summed E-state index contributed by atoms with van der Waals surface area (Å²) < 4.78 is 0. The number of para-hydroxylation sites is 2. The molecule has 0 heterocycles. The van der Waals surface area contributed by atoms with E-state index in [9.17, 15) is 0 Å². The van der Waals surface area contributed by atoms with E-state index in [-0.39, 0.29) is 10.8 Å². The monoisotopic (exact) mass is 372 g/mol. The van der Waals surface area contributed by atoms with Crippen LogP contribution in [-0.2, 0) is 10.8 Å². The third-order valence-electron chi connectivity index (χ3n) is 4.88. The number of nitrogens with one attached hydrogen (secondary N) is 2. The molecule has 0 saturated carbocycles. The first-order chi connectivity index (χ1) is 13.1. The van der Waals surface area contributed by atoms with Crippen LogP contribution in [-0.4, -0.2) is 0 Å². The number of hydrogen-bond acceptors (Lipinski definition) is 2. The molecular formula is C26H32N2+. The van der Waals surface area contributed by atoms with E-state index in [1.807, 2.05) is 12.1 Å². The summed E-state index contributed by atoms with van der Waals surface area (Å²) in [6, 6.07) is 25.4. The Morgan fingerprint density at radius 1 is 0.643 bits per heavy atom. The van der Waals surface area contributed by atoms with Crippen LogP contribution in [0.3, 0.4) is 0 Å². The molecule has 0 unspecified atom stereocenters. The minimum absolute atomic E-state index is 0.0145. The second-order valence-electron chi connectivity index (χ2n) is 9.43. The Labute approximate surface area is 170 Å². The van der Waals surface area contributed by atoms with Gasteiger partial charge in [0, 0.05) is 35.1 Å². The van der Waals surface area contributed by atoms with Crippen LogP contribution in [0.5, 0.6) is 0 Å². The van der Waals surface area contributed by atoms with Gasteiger partial charge in [-0.25, -0.2) is 0 Å². The molecule has 0 atom stereocenters. The topological polar surface area (TPSA) is 27.6 Å². The first kappa shape index (κ1) is 20.2. The van der Waals surface area contributed by atoms with Crippen molar-refractivity contribution >= 4 is 22.7 Å². The molecule has 1 radical (unpaired) electrons. The third kappa shape index (κ3) is 4.82. The Morgan fingerprint density at radius 3 is 1.71 bits per heavy atom. The molecule has 0 aliphatic rings. The Bertz CT molecular complexity index is 835. The second kappa shape index (κ2) is 7.81. The maximum absolute atomic E-state index is 3.65. The summed E-state index contributed by atoms with van der Waals surface area (Å²) in [5.74, 6) is 0. The highest BCUT2D eigenvalue weighted by molar-refractivity contribution is 5.69. The smallest absolute Gasteiger partial charge is 0.188 e. The first-order valence-corrected chi connectivity index (χ1v) is 9.98. The summed E-state index contributed by atoms with van der Waals surface area (Å²) >= 11 is 0. The summed E-state index contributed by atoms with van der Waals surface area (Å²) in [7, 11) is 0. The highest BCUT2D eigenvalue weighted by atomic mass is 14.9. The van der Waals surface area contributed by atoms with Gasteiger partial charge in [-0.15, -0.1) is 5.32 Å². The van der Waals surface area contributed by atoms with Gasteiger partial charge in [0.15, 0.2) is 11.4 Å². The van der Waals surface area contributed by atoms with Crippen LogP contribution in [0.15, 0.2) is 72.8 Å². The zero-order chi connectivity index (χ0) is 20.4. The molecule has 0 saturated heterocycles. The van der Waals surface area contributed by atoms with Gasteiger partial charge in [-0.05, 0) is 34.6 Å².